The van der Waals surface area contributed by atoms with Crippen LogP contribution in [0.2, 0.25) is 0 Å². The van der Waals surface area contributed by atoms with E-state index in [2.05, 4.69) is 5.32 Å². The van der Waals surface area contributed by atoms with E-state index in [0.717, 1.165) is 17.7 Å². The molecule has 1 aliphatic rings. The highest BCUT2D eigenvalue weighted by molar-refractivity contribution is 6.09. The molecule has 1 saturated carbocycles. The number of benzene rings is 1. The molecular weight excluding hydrogens is 246 g/mol. The second-order valence-corrected chi connectivity index (χ2v) is 4.88. The fourth-order valence-electron chi connectivity index (χ4n) is 2.28. The molecule has 102 valence electrons. The number of ether oxygens (including phenoxy) is 1. The van der Waals surface area contributed by atoms with Crippen LogP contribution in [0.5, 0.6) is 5.75 Å². The molecule has 5 heteroatoms. The molecule has 0 radical (unpaired) electrons. The second-order valence-electron chi connectivity index (χ2n) is 4.88. The van der Waals surface area contributed by atoms with E-state index in [-0.39, 0.29) is 0 Å². The molecule has 5 nitrogen and oxygen atoms in total. The number of anilines is 1. The molecule has 0 aliphatic heterocycles. The van der Waals surface area contributed by atoms with E-state index in [1.54, 1.807) is 25.3 Å². The number of methoxy groups -OCH3 is 1. The predicted octanol–water partition coefficient (Wildman–Crippen LogP) is 2.20. The van der Waals surface area contributed by atoms with Crippen LogP contribution in [-0.2, 0) is 9.59 Å². The van der Waals surface area contributed by atoms with E-state index in [0.29, 0.717) is 18.5 Å². The molecule has 1 amide bonds. The highest BCUT2D eigenvalue weighted by Gasteiger charge is 2.51. The minimum absolute atomic E-state index is 0.406. The molecule has 19 heavy (non-hydrogen) atoms. The van der Waals surface area contributed by atoms with E-state index in [1.165, 1.54) is 0 Å². The summed E-state index contributed by atoms with van der Waals surface area (Å²) < 4.78 is 5.14. The smallest absolute Gasteiger partial charge is 0.319 e. The fourth-order valence-corrected chi connectivity index (χ4v) is 2.28. The van der Waals surface area contributed by atoms with Gasteiger partial charge in [0.15, 0.2) is 0 Å². The van der Waals surface area contributed by atoms with Gasteiger partial charge in [-0.25, -0.2) is 0 Å². The topological polar surface area (TPSA) is 75.6 Å². The maximum absolute atomic E-state index is 12.1. The molecule has 0 atom stereocenters. The fraction of sp³-hybridized carbons (Fsp3) is 0.429. The molecule has 0 saturated heterocycles. The minimum Gasteiger partial charge on any atom is -0.496 e. The number of carbonyl (C=O) groups is 2. The highest BCUT2D eigenvalue weighted by atomic mass is 16.5. The number of aliphatic carboxylic acids is 1. The van der Waals surface area contributed by atoms with E-state index >= 15 is 0 Å². The Morgan fingerprint density at radius 2 is 2.05 bits per heavy atom. The van der Waals surface area contributed by atoms with Crippen molar-refractivity contribution in [3.05, 3.63) is 23.8 Å². The lowest BCUT2D eigenvalue weighted by Gasteiger charge is -2.35. The van der Waals surface area contributed by atoms with Crippen LogP contribution in [0.15, 0.2) is 18.2 Å². The Hall–Kier alpha value is -2.04. The van der Waals surface area contributed by atoms with Crippen LogP contribution in [-0.4, -0.2) is 24.1 Å². The van der Waals surface area contributed by atoms with Gasteiger partial charge in [0.25, 0.3) is 0 Å². The summed E-state index contributed by atoms with van der Waals surface area (Å²) in [7, 11) is 1.58. The first-order valence-electron chi connectivity index (χ1n) is 6.19. The lowest BCUT2D eigenvalue weighted by atomic mass is 9.68. The summed E-state index contributed by atoms with van der Waals surface area (Å²) in [6.45, 7) is 1.87. The average molecular weight is 263 g/mol. The molecule has 1 aliphatic carbocycles. The van der Waals surface area contributed by atoms with Gasteiger partial charge < -0.3 is 15.2 Å². The van der Waals surface area contributed by atoms with Gasteiger partial charge in [-0.3, -0.25) is 9.59 Å². The van der Waals surface area contributed by atoms with Crippen LogP contribution in [0.25, 0.3) is 0 Å². The SMILES string of the molecule is COc1ccc(NC(=O)C2(C(=O)O)CCC2)cc1C. The summed E-state index contributed by atoms with van der Waals surface area (Å²) in [4.78, 5) is 23.3. The molecule has 1 fully saturated rings. The lowest BCUT2D eigenvalue weighted by Crippen LogP contribution is -2.48. The predicted molar refractivity (Wildman–Crippen MR) is 70.3 cm³/mol. The Bertz CT molecular complexity index is 520. The minimum atomic E-state index is -1.24. The third kappa shape index (κ3) is 2.28. The van der Waals surface area contributed by atoms with Crippen LogP contribution < -0.4 is 10.1 Å². The number of rotatable bonds is 4. The maximum Gasteiger partial charge on any atom is 0.319 e. The van der Waals surface area contributed by atoms with Gasteiger partial charge in [-0.15, -0.1) is 0 Å². The molecule has 2 rings (SSSR count). The Balaban J connectivity index is 2.15. The van der Waals surface area contributed by atoms with Crippen molar-refractivity contribution in [3.63, 3.8) is 0 Å². The monoisotopic (exact) mass is 263 g/mol. The first-order valence-corrected chi connectivity index (χ1v) is 6.19. The van der Waals surface area contributed by atoms with Crippen molar-refractivity contribution in [1.29, 1.82) is 0 Å². The van der Waals surface area contributed by atoms with Crippen molar-refractivity contribution in [2.75, 3.05) is 12.4 Å². The summed E-state index contributed by atoms with van der Waals surface area (Å²) in [5, 5.41) is 11.9. The van der Waals surface area contributed by atoms with Gasteiger partial charge in [0.2, 0.25) is 5.91 Å². The van der Waals surface area contributed by atoms with E-state index in [9.17, 15) is 14.7 Å². The van der Waals surface area contributed by atoms with Gasteiger partial charge in [0.1, 0.15) is 11.2 Å². The molecule has 0 unspecified atom stereocenters. The van der Waals surface area contributed by atoms with Crippen molar-refractivity contribution in [1.82, 2.24) is 0 Å². The number of amides is 1. The normalized spacial score (nSPS) is 16.3. The van der Waals surface area contributed by atoms with Crippen LogP contribution >= 0.6 is 0 Å². The van der Waals surface area contributed by atoms with E-state index < -0.39 is 17.3 Å². The molecule has 0 heterocycles. The Kier molecular flexibility index (Phi) is 3.46. The molecular formula is C14H17NO4. The van der Waals surface area contributed by atoms with Gasteiger partial charge in [0, 0.05) is 5.69 Å². The maximum atomic E-state index is 12.1. The number of carboxylic acid groups (broad SMARTS) is 1. The lowest BCUT2D eigenvalue weighted by molar-refractivity contribution is -0.159. The zero-order valence-electron chi connectivity index (χ0n) is 11.0. The summed E-state index contributed by atoms with van der Waals surface area (Å²) in [6, 6.07) is 5.22. The van der Waals surface area contributed by atoms with Crippen LogP contribution in [0.1, 0.15) is 24.8 Å². The summed E-state index contributed by atoms with van der Waals surface area (Å²) in [5.41, 5.74) is 0.238. The number of carboxylic acids is 1. The van der Waals surface area contributed by atoms with Crippen molar-refractivity contribution in [3.8, 4) is 5.75 Å². The number of hydrogen-bond acceptors (Lipinski definition) is 3. The van der Waals surface area contributed by atoms with Crippen LogP contribution in [0.4, 0.5) is 5.69 Å². The Labute approximate surface area is 111 Å². The van der Waals surface area contributed by atoms with Crippen molar-refractivity contribution >= 4 is 17.6 Å². The third-order valence-corrected chi connectivity index (χ3v) is 3.70. The molecule has 1 aromatic carbocycles. The van der Waals surface area contributed by atoms with Crippen molar-refractivity contribution < 1.29 is 19.4 Å². The zero-order valence-corrected chi connectivity index (χ0v) is 11.0. The van der Waals surface area contributed by atoms with Crippen LogP contribution in [0.3, 0.4) is 0 Å². The first-order chi connectivity index (χ1) is 8.99. The highest BCUT2D eigenvalue weighted by Crippen LogP contribution is 2.42. The molecule has 2 N–H and O–H groups in total. The van der Waals surface area contributed by atoms with Gasteiger partial charge in [0.05, 0.1) is 7.11 Å². The van der Waals surface area contributed by atoms with E-state index in [4.69, 9.17) is 4.74 Å². The van der Waals surface area contributed by atoms with Crippen LogP contribution in [0, 0.1) is 12.3 Å². The zero-order chi connectivity index (χ0) is 14.0. The quantitative estimate of drug-likeness (QED) is 0.816. The number of nitrogens with one attached hydrogen (secondary N) is 1. The standard InChI is InChI=1S/C14H17NO4/c1-9-8-10(4-5-11(9)19-2)15-12(16)14(13(17)18)6-3-7-14/h4-5,8H,3,6-7H2,1-2H3,(H,15,16)(H,17,18). The molecule has 0 spiro atoms. The van der Waals surface area contributed by atoms with Crippen molar-refractivity contribution in [2.24, 2.45) is 5.41 Å². The molecule has 1 aromatic rings. The van der Waals surface area contributed by atoms with Gasteiger partial charge >= 0.3 is 5.97 Å². The van der Waals surface area contributed by atoms with Gasteiger partial charge in [-0.1, -0.05) is 6.42 Å². The molecule has 0 bridgehead atoms. The summed E-state index contributed by atoms with van der Waals surface area (Å²) in [5.74, 6) is -0.744. The molecule has 0 aromatic heterocycles. The Morgan fingerprint density at radius 1 is 1.37 bits per heavy atom. The number of hydrogen-bond donors (Lipinski definition) is 2. The van der Waals surface area contributed by atoms with E-state index in [1.807, 2.05) is 6.92 Å². The van der Waals surface area contributed by atoms with Crippen molar-refractivity contribution in [2.45, 2.75) is 26.2 Å². The summed E-state index contributed by atoms with van der Waals surface area (Å²) in [6.07, 6.45) is 1.59. The number of carbonyl (C=O) groups excluding carboxylic acids is 1. The largest absolute Gasteiger partial charge is 0.496 e. The number of aryl methyl sites for hydroxylation is 1. The first kappa shape index (κ1) is 13.4. The van der Waals surface area contributed by atoms with Gasteiger partial charge in [-0.2, -0.15) is 0 Å². The Morgan fingerprint density at radius 3 is 2.47 bits per heavy atom. The summed E-state index contributed by atoms with van der Waals surface area (Å²) >= 11 is 0. The second kappa shape index (κ2) is 4.91. The average Bonchev–Trinajstić information content (AvgIpc) is 2.26. The third-order valence-electron chi connectivity index (χ3n) is 3.70. The van der Waals surface area contributed by atoms with Gasteiger partial charge in [-0.05, 0) is 43.5 Å².